The van der Waals surface area contributed by atoms with Crippen LogP contribution in [0, 0.1) is 0 Å². The second kappa shape index (κ2) is 16.7. The maximum absolute atomic E-state index is 2.52. The topological polar surface area (TPSA) is 9.86 Å². The van der Waals surface area contributed by atoms with E-state index >= 15 is 0 Å². The molecule has 2 heteroatoms. The number of aromatic nitrogens is 2. The van der Waals surface area contributed by atoms with Crippen LogP contribution in [-0.4, -0.2) is 9.13 Å². The van der Waals surface area contributed by atoms with Crippen molar-refractivity contribution in [3.63, 3.8) is 0 Å². The number of fused-ring (bicyclic) bond motifs is 20. The maximum atomic E-state index is 2.52. The third-order valence-electron chi connectivity index (χ3n) is 18.3. The van der Waals surface area contributed by atoms with Crippen LogP contribution in [0.4, 0.5) is 0 Å². The molecule has 16 aromatic rings. The molecule has 0 radical (unpaired) electrons. The minimum absolute atomic E-state index is 0.585. The first kappa shape index (κ1) is 44.4. The Bertz CT molecular complexity index is 5080. The first-order valence-electron chi connectivity index (χ1n) is 28.2. The first-order chi connectivity index (χ1) is 40.2. The smallest absolute Gasteiger partial charge is 0.0731 e. The molecule has 0 aliphatic heterocycles. The van der Waals surface area contributed by atoms with Crippen LogP contribution in [0.1, 0.15) is 22.3 Å². The van der Waals surface area contributed by atoms with Gasteiger partial charge in [-0.25, -0.2) is 0 Å². The van der Waals surface area contributed by atoms with E-state index in [1.54, 1.807) is 0 Å². The van der Waals surface area contributed by atoms with Crippen LogP contribution in [0.5, 0.6) is 0 Å². The van der Waals surface area contributed by atoms with Crippen molar-refractivity contribution in [2.24, 2.45) is 0 Å². The van der Waals surface area contributed by atoms with Crippen LogP contribution < -0.4 is 0 Å². The molecule has 0 atom stereocenters. The fraction of sp³-hybridized carbons (Fsp3) is 0.0127. The van der Waals surface area contributed by atoms with Crippen molar-refractivity contribution in [1.82, 2.24) is 9.13 Å². The van der Waals surface area contributed by atoms with Gasteiger partial charge in [-0.2, -0.15) is 0 Å². The predicted octanol–water partition coefficient (Wildman–Crippen LogP) is 20.7. The van der Waals surface area contributed by atoms with Gasteiger partial charge in [-0.05, 0) is 177 Å². The molecule has 2 nitrogen and oxygen atoms in total. The highest BCUT2D eigenvalue weighted by Crippen LogP contribution is 2.66. The number of rotatable bonds is 5. The van der Waals surface area contributed by atoms with Gasteiger partial charge >= 0.3 is 0 Å². The lowest BCUT2D eigenvalue weighted by Gasteiger charge is -2.33. The number of nitrogens with zero attached hydrogens (tertiary/aromatic N) is 2. The Morgan fingerprint density at radius 3 is 1.21 bits per heavy atom. The van der Waals surface area contributed by atoms with E-state index in [0.717, 1.165) is 11.4 Å². The van der Waals surface area contributed by atoms with Crippen molar-refractivity contribution in [2.45, 2.75) is 5.41 Å². The highest BCUT2D eigenvalue weighted by molar-refractivity contribution is 6.22. The van der Waals surface area contributed by atoms with Gasteiger partial charge in [0.25, 0.3) is 0 Å². The molecule has 0 N–H and O–H groups in total. The number of para-hydroxylation sites is 4. The van der Waals surface area contributed by atoms with Crippen molar-refractivity contribution < 1.29 is 0 Å². The molecule has 14 aromatic carbocycles. The predicted molar refractivity (Wildman–Crippen MR) is 340 cm³/mol. The fourth-order valence-electron chi connectivity index (χ4n) is 15.1. The van der Waals surface area contributed by atoms with Gasteiger partial charge in [0.1, 0.15) is 0 Å². The molecule has 0 bridgehead atoms. The minimum atomic E-state index is -0.585. The zero-order chi connectivity index (χ0) is 52.9. The Morgan fingerprint density at radius 1 is 0.222 bits per heavy atom. The van der Waals surface area contributed by atoms with Crippen LogP contribution in [0.2, 0.25) is 0 Å². The molecular weight excluding hydrogens is 977 g/mol. The molecule has 0 amide bonds. The van der Waals surface area contributed by atoms with Crippen LogP contribution >= 0.6 is 0 Å². The summed E-state index contributed by atoms with van der Waals surface area (Å²) in [6.45, 7) is 0. The number of hydrogen-bond acceptors (Lipinski definition) is 0. The molecular formula is C79H48N2. The van der Waals surface area contributed by atoms with Crippen LogP contribution in [0.15, 0.2) is 291 Å². The van der Waals surface area contributed by atoms with E-state index in [1.807, 2.05) is 0 Å². The molecule has 2 heterocycles. The van der Waals surface area contributed by atoms with Crippen molar-refractivity contribution in [2.75, 3.05) is 0 Å². The summed E-state index contributed by atoms with van der Waals surface area (Å²) in [5.41, 5.74) is 24.4. The van der Waals surface area contributed by atoms with Gasteiger partial charge in [-0.1, -0.05) is 224 Å². The Labute approximate surface area is 468 Å². The number of hydrogen-bond donors (Lipinski definition) is 0. The lowest BCUT2D eigenvalue weighted by molar-refractivity contribution is 0.796. The molecule has 18 rings (SSSR count). The summed E-state index contributed by atoms with van der Waals surface area (Å²) < 4.78 is 4.83. The van der Waals surface area contributed by atoms with Gasteiger partial charge in [0.15, 0.2) is 0 Å². The molecule has 81 heavy (non-hydrogen) atoms. The zero-order valence-electron chi connectivity index (χ0n) is 44.1. The third-order valence-corrected chi connectivity index (χ3v) is 18.3. The van der Waals surface area contributed by atoms with Crippen molar-refractivity contribution in [3.05, 3.63) is 313 Å². The van der Waals surface area contributed by atoms with E-state index in [2.05, 4.69) is 300 Å². The van der Waals surface area contributed by atoms with Gasteiger partial charge in [-0.15, -0.1) is 0 Å². The van der Waals surface area contributed by atoms with Gasteiger partial charge in [0.2, 0.25) is 0 Å². The van der Waals surface area contributed by atoms with Crippen LogP contribution in [-0.2, 0) is 5.41 Å². The Hall–Kier alpha value is -10.5. The number of benzene rings is 14. The highest BCUT2D eigenvalue weighted by atomic mass is 15.0. The molecule has 2 aromatic heterocycles. The van der Waals surface area contributed by atoms with Crippen LogP contribution in [0.3, 0.4) is 0 Å². The third kappa shape index (κ3) is 6.00. The monoisotopic (exact) mass is 1020 g/mol. The van der Waals surface area contributed by atoms with Crippen LogP contribution in [0.25, 0.3) is 143 Å². The van der Waals surface area contributed by atoms with Gasteiger partial charge in [0, 0.05) is 32.9 Å². The summed E-state index contributed by atoms with van der Waals surface area (Å²) in [5.74, 6) is 0. The highest BCUT2D eigenvalue weighted by Gasteiger charge is 2.53. The zero-order valence-corrected chi connectivity index (χ0v) is 44.1. The SMILES string of the molecule is c1ccc(-n2c3ccccc3c3cc(-c4cccc5c(-c6cccc7c6C6(c8ccccc8-c8ccccc86)c6ccc8ccccc8c6-7)c6cccc(-c7ccc8c(c7)c7ccccc7n8-c7ccccc7)c6cc45)ccc32)cc1. The van der Waals surface area contributed by atoms with Gasteiger partial charge in [-0.3, -0.25) is 0 Å². The molecule has 0 unspecified atom stereocenters. The van der Waals surface area contributed by atoms with E-state index < -0.39 is 5.41 Å². The van der Waals surface area contributed by atoms with E-state index in [0.29, 0.717) is 0 Å². The summed E-state index contributed by atoms with van der Waals surface area (Å²) >= 11 is 0. The molecule has 2 aliphatic carbocycles. The summed E-state index contributed by atoms with van der Waals surface area (Å²) in [6.07, 6.45) is 0. The van der Waals surface area contributed by atoms with Gasteiger partial charge in [0.05, 0.1) is 27.5 Å². The summed E-state index contributed by atoms with van der Waals surface area (Å²) in [5, 5.41) is 12.4. The lowest BCUT2D eigenvalue weighted by atomic mass is 9.68. The Kier molecular flexibility index (Phi) is 9.18. The second-order valence-electron chi connectivity index (χ2n) is 22.2. The normalized spacial score (nSPS) is 13.0. The van der Waals surface area contributed by atoms with Crippen molar-refractivity contribution in [1.29, 1.82) is 0 Å². The summed E-state index contributed by atoms with van der Waals surface area (Å²) in [4.78, 5) is 0. The average Bonchev–Trinajstić information content (AvgIpc) is 4.29. The van der Waals surface area contributed by atoms with E-state index in [4.69, 9.17) is 0 Å². The van der Waals surface area contributed by atoms with Crippen molar-refractivity contribution in [3.8, 4) is 67.0 Å². The van der Waals surface area contributed by atoms with E-state index in [9.17, 15) is 0 Å². The Morgan fingerprint density at radius 2 is 0.642 bits per heavy atom. The maximum Gasteiger partial charge on any atom is 0.0731 e. The lowest BCUT2D eigenvalue weighted by Crippen LogP contribution is -2.26. The molecule has 1 spiro atoms. The summed E-state index contributed by atoms with van der Waals surface area (Å²) in [6, 6.07) is 110. The molecule has 2 aliphatic rings. The van der Waals surface area contributed by atoms with Crippen molar-refractivity contribution >= 4 is 75.9 Å². The first-order valence-corrected chi connectivity index (χ1v) is 28.2. The fourth-order valence-corrected chi connectivity index (χ4v) is 15.1. The largest absolute Gasteiger partial charge is 0.309 e. The van der Waals surface area contributed by atoms with E-state index in [1.165, 1.54) is 154 Å². The van der Waals surface area contributed by atoms with Gasteiger partial charge < -0.3 is 9.13 Å². The molecule has 0 fully saturated rings. The molecule has 0 saturated heterocycles. The molecule has 0 saturated carbocycles. The quantitative estimate of drug-likeness (QED) is 0.152. The average molecular weight is 1030 g/mol. The Balaban J connectivity index is 0.967. The standard InChI is InChI=1S/C79H48N2/c1-3-21-52(22-4-1)80-72-38-15-11-28-59(72)67-46-50(41-44-74(67)80)54-30-17-32-61-65(54)48-66-55(51-42-45-75-68(47-51)60-29-12-16-39-73(60)81(75)53-23-5-2-6-24-53)31-18-33-62(66)76(61)63-34-19-35-64-77-56-25-8-7-20-49(56)40-43-71(77)79(78(63)64)69-36-13-9-26-57(69)58-27-10-14-37-70(58)79/h1-48H. The minimum Gasteiger partial charge on any atom is -0.309 e. The molecule has 374 valence electrons. The second-order valence-corrected chi connectivity index (χ2v) is 22.2. The van der Waals surface area contributed by atoms with E-state index in [-0.39, 0.29) is 0 Å². The summed E-state index contributed by atoms with van der Waals surface area (Å²) in [7, 11) is 0.